The van der Waals surface area contributed by atoms with E-state index in [0.29, 0.717) is 25.1 Å². The molecule has 0 aliphatic rings. The maximum absolute atomic E-state index is 12.9. The van der Waals surface area contributed by atoms with Crippen LogP contribution in [0.5, 0.6) is 0 Å². The summed E-state index contributed by atoms with van der Waals surface area (Å²) in [7, 11) is 0. The van der Waals surface area contributed by atoms with Crippen LogP contribution in [0.25, 0.3) is 6.08 Å². The minimum atomic E-state index is -0.162. The average Bonchev–Trinajstić information content (AvgIpc) is 2.91. The first kappa shape index (κ1) is 25.8. The third-order valence-electron chi connectivity index (χ3n) is 6.29. The van der Waals surface area contributed by atoms with Crippen LogP contribution in [0.1, 0.15) is 63.4 Å². The highest BCUT2D eigenvalue weighted by atomic mass is 16.1. The molecule has 1 N–H and O–H groups in total. The summed E-state index contributed by atoms with van der Waals surface area (Å²) in [6.45, 7) is 7.00. The number of rotatable bonds is 9. The van der Waals surface area contributed by atoms with Gasteiger partial charge in [-0.1, -0.05) is 49.4 Å². The molecule has 0 bridgehead atoms. The number of amides is 1. The van der Waals surface area contributed by atoms with Crippen molar-refractivity contribution in [2.45, 2.75) is 46.7 Å². The van der Waals surface area contributed by atoms with Crippen molar-refractivity contribution in [3.05, 3.63) is 134 Å². The van der Waals surface area contributed by atoms with E-state index >= 15 is 0 Å². The molecule has 6 nitrogen and oxygen atoms in total. The lowest BCUT2D eigenvalue weighted by molar-refractivity contribution is 0.0950. The summed E-state index contributed by atoms with van der Waals surface area (Å²) < 4.78 is 1.68. The summed E-state index contributed by atoms with van der Waals surface area (Å²) in [6, 6.07) is 17.3. The number of nitrogens with one attached hydrogen (secondary N) is 1. The fraction of sp³-hybridized carbons (Fsp3) is 0.226. The fourth-order valence-electron chi connectivity index (χ4n) is 4.27. The molecule has 0 aliphatic carbocycles. The zero-order chi connectivity index (χ0) is 26.2. The first-order chi connectivity index (χ1) is 18.0. The molecular formula is C31H32N4O2. The van der Waals surface area contributed by atoms with Crippen LogP contribution in [0, 0.1) is 6.92 Å². The number of pyridine rings is 3. The monoisotopic (exact) mass is 492 g/mol. The van der Waals surface area contributed by atoms with Crippen molar-refractivity contribution in [2.24, 2.45) is 0 Å². The second kappa shape index (κ2) is 12.1. The zero-order valence-electron chi connectivity index (χ0n) is 21.6. The Morgan fingerprint density at radius 1 is 1.03 bits per heavy atom. The summed E-state index contributed by atoms with van der Waals surface area (Å²) in [6.07, 6.45) is 10.7. The van der Waals surface area contributed by atoms with Crippen LogP contribution in [0.2, 0.25) is 0 Å². The molecule has 0 saturated heterocycles. The SMILES string of the molecule is C/C=C\c1cc(CNC(=O)c2cncc(Cc3ccc(Cn4ccccc4=O)cc3)c2)c(C)nc1CC. The second-order valence-electron chi connectivity index (χ2n) is 9.05. The summed E-state index contributed by atoms with van der Waals surface area (Å²) in [4.78, 5) is 33.9. The fourth-order valence-corrected chi connectivity index (χ4v) is 4.27. The van der Waals surface area contributed by atoms with E-state index in [1.807, 2.05) is 56.3 Å². The van der Waals surface area contributed by atoms with Gasteiger partial charge in [0.25, 0.3) is 11.5 Å². The van der Waals surface area contributed by atoms with E-state index in [0.717, 1.165) is 45.6 Å². The molecule has 3 heterocycles. The quantitative estimate of drug-likeness (QED) is 0.352. The van der Waals surface area contributed by atoms with Gasteiger partial charge in [0.2, 0.25) is 0 Å². The molecule has 0 spiro atoms. The van der Waals surface area contributed by atoms with Gasteiger partial charge < -0.3 is 9.88 Å². The van der Waals surface area contributed by atoms with Crippen LogP contribution in [-0.2, 0) is 25.9 Å². The topological polar surface area (TPSA) is 76.9 Å². The summed E-state index contributed by atoms with van der Waals surface area (Å²) >= 11 is 0. The highest BCUT2D eigenvalue weighted by Crippen LogP contribution is 2.16. The maximum atomic E-state index is 12.9. The average molecular weight is 493 g/mol. The molecule has 0 aliphatic heterocycles. The van der Waals surface area contributed by atoms with E-state index < -0.39 is 0 Å². The van der Waals surface area contributed by atoms with Crippen molar-refractivity contribution >= 4 is 12.0 Å². The van der Waals surface area contributed by atoms with E-state index in [1.54, 1.807) is 35.3 Å². The van der Waals surface area contributed by atoms with E-state index in [-0.39, 0.29) is 11.5 Å². The first-order valence-electron chi connectivity index (χ1n) is 12.5. The molecule has 1 amide bonds. The third-order valence-corrected chi connectivity index (χ3v) is 6.29. The van der Waals surface area contributed by atoms with Gasteiger partial charge in [0, 0.05) is 42.6 Å². The lowest BCUT2D eigenvalue weighted by Gasteiger charge is -2.12. The van der Waals surface area contributed by atoms with E-state index in [2.05, 4.69) is 29.4 Å². The standard InChI is InChI=1S/C31H32N4O2/c1-4-8-26-17-27(22(3)34-29(26)5-2)20-33-31(37)28-16-25(18-32-19-28)15-23-10-12-24(13-11-23)21-35-14-7-6-9-30(35)36/h4,6-14,16-19H,5,15,20-21H2,1-3H3,(H,33,37)/b8-4-. The van der Waals surface area contributed by atoms with E-state index in [4.69, 9.17) is 4.98 Å². The molecular weight excluding hydrogens is 460 g/mol. The van der Waals surface area contributed by atoms with Gasteiger partial charge >= 0.3 is 0 Å². The number of aryl methyl sites for hydroxylation is 2. The van der Waals surface area contributed by atoms with Crippen molar-refractivity contribution in [1.82, 2.24) is 19.9 Å². The van der Waals surface area contributed by atoms with Gasteiger partial charge in [-0.3, -0.25) is 19.6 Å². The Morgan fingerprint density at radius 3 is 2.54 bits per heavy atom. The third kappa shape index (κ3) is 6.67. The first-order valence-corrected chi connectivity index (χ1v) is 12.5. The van der Waals surface area contributed by atoms with Gasteiger partial charge in [0.05, 0.1) is 12.1 Å². The minimum Gasteiger partial charge on any atom is -0.348 e. The van der Waals surface area contributed by atoms with Crippen LogP contribution in [0.15, 0.2) is 84.1 Å². The smallest absolute Gasteiger partial charge is 0.253 e. The lowest BCUT2D eigenvalue weighted by atomic mass is 10.0. The normalized spacial score (nSPS) is 11.1. The number of nitrogens with zero attached hydrogens (tertiary/aromatic N) is 3. The zero-order valence-corrected chi connectivity index (χ0v) is 21.6. The predicted molar refractivity (Wildman–Crippen MR) is 148 cm³/mol. The van der Waals surface area contributed by atoms with Crippen molar-refractivity contribution in [2.75, 3.05) is 0 Å². The number of allylic oxidation sites excluding steroid dienone is 1. The van der Waals surface area contributed by atoms with E-state index in [9.17, 15) is 9.59 Å². The van der Waals surface area contributed by atoms with Crippen molar-refractivity contribution in [1.29, 1.82) is 0 Å². The Bertz CT molecular complexity index is 1470. The molecule has 1 aromatic carbocycles. The van der Waals surface area contributed by atoms with Crippen LogP contribution < -0.4 is 10.9 Å². The molecule has 4 aromatic rings. The number of hydrogen-bond acceptors (Lipinski definition) is 4. The number of carbonyl (C=O) groups is 1. The molecule has 188 valence electrons. The highest BCUT2D eigenvalue weighted by molar-refractivity contribution is 5.94. The van der Waals surface area contributed by atoms with Crippen molar-refractivity contribution in [3.8, 4) is 0 Å². The number of carbonyl (C=O) groups excluding carboxylic acids is 1. The molecule has 0 unspecified atom stereocenters. The maximum Gasteiger partial charge on any atom is 0.253 e. The Labute approximate surface area is 217 Å². The molecule has 6 heteroatoms. The van der Waals surface area contributed by atoms with E-state index in [1.165, 1.54) is 0 Å². The van der Waals surface area contributed by atoms with Crippen LogP contribution in [0.3, 0.4) is 0 Å². The van der Waals surface area contributed by atoms with Gasteiger partial charge in [0.1, 0.15) is 0 Å². The largest absolute Gasteiger partial charge is 0.348 e. The molecule has 0 radical (unpaired) electrons. The van der Waals surface area contributed by atoms with Crippen LogP contribution in [-0.4, -0.2) is 20.4 Å². The molecule has 0 saturated carbocycles. The second-order valence-corrected chi connectivity index (χ2v) is 9.05. The lowest BCUT2D eigenvalue weighted by Crippen LogP contribution is -2.24. The van der Waals surface area contributed by atoms with Gasteiger partial charge in [0.15, 0.2) is 0 Å². The van der Waals surface area contributed by atoms with Crippen molar-refractivity contribution < 1.29 is 4.79 Å². The molecule has 0 fully saturated rings. The van der Waals surface area contributed by atoms with Gasteiger partial charge in [-0.05, 0) is 72.7 Å². The Kier molecular flexibility index (Phi) is 8.41. The summed E-state index contributed by atoms with van der Waals surface area (Å²) in [5.74, 6) is -0.162. The summed E-state index contributed by atoms with van der Waals surface area (Å²) in [5.41, 5.74) is 7.71. The number of hydrogen-bond donors (Lipinski definition) is 1. The predicted octanol–water partition coefficient (Wildman–Crippen LogP) is 5.11. The van der Waals surface area contributed by atoms with Crippen molar-refractivity contribution in [3.63, 3.8) is 0 Å². The van der Waals surface area contributed by atoms with Gasteiger partial charge in [-0.2, -0.15) is 0 Å². The molecule has 4 rings (SSSR count). The van der Waals surface area contributed by atoms with Crippen LogP contribution in [0.4, 0.5) is 0 Å². The minimum absolute atomic E-state index is 0.0182. The van der Waals surface area contributed by atoms with Gasteiger partial charge in [-0.25, -0.2) is 0 Å². The number of aromatic nitrogens is 3. The Morgan fingerprint density at radius 2 is 1.81 bits per heavy atom. The number of benzene rings is 1. The van der Waals surface area contributed by atoms with Gasteiger partial charge in [-0.15, -0.1) is 0 Å². The Hall–Kier alpha value is -4.32. The summed E-state index contributed by atoms with van der Waals surface area (Å²) in [5, 5.41) is 3.02. The van der Waals surface area contributed by atoms with Crippen LogP contribution >= 0.6 is 0 Å². The molecule has 3 aromatic heterocycles. The Balaban J connectivity index is 1.40. The molecule has 0 atom stereocenters. The highest BCUT2D eigenvalue weighted by Gasteiger charge is 2.11. The molecule has 37 heavy (non-hydrogen) atoms.